The van der Waals surface area contributed by atoms with E-state index in [0.29, 0.717) is 12.3 Å². The first kappa shape index (κ1) is 24.4. The molecule has 0 radical (unpaired) electrons. The summed E-state index contributed by atoms with van der Waals surface area (Å²) in [6, 6.07) is 16.8. The van der Waals surface area contributed by atoms with Gasteiger partial charge >= 0.3 is 0 Å². The predicted octanol–water partition coefficient (Wildman–Crippen LogP) is 4.12. The van der Waals surface area contributed by atoms with Crippen LogP contribution in [0.25, 0.3) is 0 Å². The van der Waals surface area contributed by atoms with E-state index in [2.05, 4.69) is 39.9 Å². The van der Waals surface area contributed by atoms with E-state index in [9.17, 15) is 4.39 Å². The highest BCUT2D eigenvalue weighted by molar-refractivity contribution is 14.0. The van der Waals surface area contributed by atoms with Crippen LogP contribution in [0, 0.1) is 5.82 Å². The van der Waals surface area contributed by atoms with Crippen LogP contribution >= 0.6 is 24.0 Å². The molecule has 5 nitrogen and oxygen atoms in total. The third-order valence-corrected chi connectivity index (χ3v) is 5.34. The molecule has 30 heavy (non-hydrogen) atoms. The van der Waals surface area contributed by atoms with Crippen LogP contribution in [0.5, 0.6) is 5.75 Å². The van der Waals surface area contributed by atoms with Gasteiger partial charge in [0.1, 0.15) is 17.7 Å². The van der Waals surface area contributed by atoms with Crippen molar-refractivity contribution in [2.24, 2.45) is 4.99 Å². The zero-order valence-electron chi connectivity index (χ0n) is 17.6. The van der Waals surface area contributed by atoms with Crippen molar-refractivity contribution in [3.63, 3.8) is 0 Å². The van der Waals surface area contributed by atoms with Gasteiger partial charge in [-0.25, -0.2) is 4.39 Å². The van der Waals surface area contributed by atoms with Crippen molar-refractivity contribution in [2.45, 2.75) is 31.3 Å². The topological polar surface area (TPSA) is 54.9 Å². The minimum absolute atomic E-state index is 0. The smallest absolute Gasteiger partial charge is 0.191 e. The Hall–Kier alpha value is -1.87. The molecule has 1 aliphatic rings. The quantitative estimate of drug-likeness (QED) is 0.323. The summed E-state index contributed by atoms with van der Waals surface area (Å²) in [5.41, 5.74) is 1.36. The van der Waals surface area contributed by atoms with E-state index in [1.807, 2.05) is 13.0 Å². The Bertz CT molecular complexity index is 798. The van der Waals surface area contributed by atoms with Gasteiger partial charge in [0.25, 0.3) is 0 Å². The highest BCUT2D eigenvalue weighted by Gasteiger charge is 2.34. The monoisotopic (exact) mass is 527 g/mol. The van der Waals surface area contributed by atoms with Gasteiger partial charge in [0.2, 0.25) is 0 Å². The Balaban J connectivity index is 0.00000320. The second kappa shape index (κ2) is 12.1. The van der Waals surface area contributed by atoms with Crippen LogP contribution in [0.1, 0.15) is 25.3 Å². The number of aliphatic imine (C=N–C) groups is 1. The molecule has 2 aromatic carbocycles. The molecule has 164 valence electrons. The third kappa shape index (κ3) is 6.84. The number of hydrogen-bond donors (Lipinski definition) is 2. The van der Waals surface area contributed by atoms with Crippen molar-refractivity contribution in [3.8, 4) is 5.75 Å². The van der Waals surface area contributed by atoms with E-state index in [4.69, 9.17) is 9.47 Å². The molecule has 3 rings (SSSR count). The van der Waals surface area contributed by atoms with Crippen molar-refractivity contribution in [2.75, 3.05) is 33.4 Å². The van der Waals surface area contributed by atoms with Crippen LogP contribution in [-0.2, 0) is 10.2 Å². The van der Waals surface area contributed by atoms with E-state index < -0.39 is 0 Å². The van der Waals surface area contributed by atoms with Crippen LogP contribution in [0.2, 0.25) is 0 Å². The lowest BCUT2D eigenvalue weighted by atomic mass is 9.74. The predicted molar refractivity (Wildman–Crippen MR) is 129 cm³/mol. The van der Waals surface area contributed by atoms with Gasteiger partial charge in [0, 0.05) is 38.3 Å². The summed E-state index contributed by atoms with van der Waals surface area (Å²) in [5.74, 6) is 0.941. The molecule has 0 aliphatic carbocycles. The molecule has 1 unspecified atom stereocenters. The number of halogens is 2. The van der Waals surface area contributed by atoms with Gasteiger partial charge in [0.15, 0.2) is 5.96 Å². The molecule has 0 aromatic heterocycles. The summed E-state index contributed by atoms with van der Waals surface area (Å²) in [6.45, 7) is 4.80. The molecule has 2 aromatic rings. The van der Waals surface area contributed by atoms with Crippen LogP contribution in [-0.4, -0.2) is 45.4 Å². The number of nitrogens with zero attached hydrogens (tertiary/aromatic N) is 1. The molecular formula is C23H31FIN3O2. The van der Waals surface area contributed by atoms with Gasteiger partial charge in [-0.2, -0.15) is 0 Å². The summed E-state index contributed by atoms with van der Waals surface area (Å²) in [6.07, 6.45) is 1.81. The molecule has 0 amide bonds. The highest BCUT2D eigenvalue weighted by atomic mass is 127. The second-order valence-electron chi connectivity index (χ2n) is 7.45. The third-order valence-electron chi connectivity index (χ3n) is 5.34. The fourth-order valence-corrected chi connectivity index (χ4v) is 3.65. The minimum Gasteiger partial charge on any atom is -0.489 e. The molecule has 0 spiro atoms. The maximum Gasteiger partial charge on any atom is 0.191 e. The Morgan fingerprint density at radius 3 is 2.53 bits per heavy atom. The zero-order valence-corrected chi connectivity index (χ0v) is 19.9. The molecule has 1 aliphatic heterocycles. The Morgan fingerprint density at radius 1 is 1.13 bits per heavy atom. The maximum absolute atomic E-state index is 13.3. The Morgan fingerprint density at radius 2 is 1.87 bits per heavy atom. The minimum atomic E-state index is -0.303. The lowest BCUT2D eigenvalue weighted by Crippen LogP contribution is -2.49. The van der Waals surface area contributed by atoms with E-state index >= 15 is 0 Å². The van der Waals surface area contributed by atoms with Gasteiger partial charge in [-0.05, 0) is 37.5 Å². The standard InChI is InChI=1S/C23H30FN3O2.HI/c1-18(29-21-10-6-9-20(24)15-21)16-26-22(25-2)27-17-23(11-13-28-14-12-23)19-7-4-3-5-8-19;/h3-10,15,18H,11-14,16-17H2,1-2H3,(H2,25,26,27);1H. The van der Waals surface area contributed by atoms with Crippen LogP contribution in [0.4, 0.5) is 4.39 Å². The summed E-state index contributed by atoms with van der Waals surface area (Å²) >= 11 is 0. The van der Waals surface area contributed by atoms with Crippen molar-refractivity contribution in [3.05, 3.63) is 66.0 Å². The first-order valence-electron chi connectivity index (χ1n) is 10.1. The molecule has 1 atom stereocenters. The van der Waals surface area contributed by atoms with Gasteiger partial charge in [-0.15, -0.1) is 24.0 Å². The fourth-order valence-electron chi connectivity index (χ4n) is 3.65. The van der Waals surface area contributed by atoms with Gasteiger partial charge < -0.3 is 20.1 Å². The van der Waals surface area contributed by atoms with Crippen LogP contribution in [0.15, 0.2) is 59.6 Å². The molecule has 1 heterocycles. The van der Waals surface area contributed by atoms with E-state index in [1.165, 1.54) is 17.7 Å². The number of ether oxygens (including phenoxy) is 2. The first-order valence-corrected chi connectivity index (χ1v) is 10.1. The fraction of sp³-hybridized carbons (Fsp3) is 0.435. The van der Waals surface area contributed by atoms with Crippen molar-refractivity contribution >= 4 is 29.9 Å². The lowest BCUT2D eigenvalue weighted by Gasteiger charge is -2.38. The highest BCUT2D eigenvalue weighted by Crippen LogP contribution is 2.34. The van der Waals surface area contributed by atoms with Crippen molar-refractivity contribution in [1.82, 2.24) is 10.6 Å². The number of hydrogen-bond acceptors (Lipinski definition) is 3. The summed E-state index contributed by atoms with van der Waals surface area (Å²) in [7, 11) is 1.76. The number of guanidine groups is 1. The van der Waals surface area contributed by atoms with E-state index in [-0.39, 0.29) is 41.3 Å². The molecular weight excluding hydrogens is 496 g/mol. The zero-order chi connectivity index (χ0) is 20.5. The molecule has 1 saturated heterocycles. The van der Waals surface area contributed by atoms with Gasteiger partial charge in [0.05, 0.1) is 6.54 Å². The normalized spacial score (nSPS) is 16.8. The molecule has 1 fully saturated rings. The summed E-state index contributed by atoms with van der Waals surface area (Å²) in [5, 5.41) is 6.78. The Kier molecular flexibility index (Phi) is 9.84. The number of benzene rings is 2. The molecule has 0 bridgehead atoms. The van der Waals surface area contributed by atoms with E-state index in [0.717, 1.165) is 38.6 Å². The molecule has 7 heteroatoms. The largest absolute Gasteiger partial charge is 0.489 e. The SMILES string of the molecule is CN=C(NCC(C)Oc1cccc(F)c1)NCC1(c2ccccc2)CCOCC1.I. The number of nitrogens with one attached hydrogen (secondary N) is 2. The summed E-state index contributed by atoms with van der Waals surface area (Å²) < 4.78 is 24.7. The van der Waals surface area contributed by atoms with Crippen molar-refractivity contribution in [1.29, 1.82) is 0 Å². The average Bonchev–Trinajstić information content (AvgIpc) is 2.75. The lowest BCUT2D eigenvalue weighted by molar-refractivity contribution is 0.0513. The van der Waals surface area contributed by atoms with E-state index in [1.54, 1.807) is 19.2 Å². The van der Waals surface area contributed by atoms with Crippen LogP contribution < -0.4 is 15.4 Å². The molecule has 2 N–H and O–H groups in total. The maximum atomic E-state index is 13.3. The van der Waals surface area contributed by atoms with Crippen LogP contribution in [0.3, 0.4) is 0 Å². The van der Waals surface area contributed by atoms with Gasteiger partial charge in [-0.1, -0.05) is 36.4 Å². The average molecular weight is 527 g/mol. The Labute approximate surface area is 195 Å². The van der Waals surface area contributed by atoms with Gasteiger partial charge in [-0.3, -0.25) is 4.99 Å². The van der Waals surface area contributed by atoms with Crippen molar-refractivity contribution < 1.29 is 13.9 Å². The molecule has 0 saturated carbocycles. The first-order chi connectivity index (χ1) is 14.1. The number of rotatable bonds is 7. The second-order valence-corrected chi connectivity index (χ2v) is 7.45. The summed E-state index contributed by atoms with van der Waals surface area (Å²) in [4.78, 5) is 4.34.